The number of para-hydroxylation sites is 2. The molecule has 0 radical (unpaired) electrons. The van der Waals surface area contributed by atoms with Crippen molar-refractivity contribution in [3.8, 4) is 11.5 Å². The number of fused-ring (bicyclic) bond motifs is 1. The number of rotatable bonds is 4. The van der Waals surface area contributed by atoms with Gasteiger partial charge in [-0.3, -0.25) is 9.59 Å². The van der Waals surface area contributed by atoms with Crippen molar-refractivity contribution < 1.29 is 19.4 Å². The Morgan fingerprint density at radius 3 is 2.69 bits per heavy atom. The minimum absolute atomic E-state index is 0.149. The summed E-state index contributed by atoms with van der Waals surface area (Å²) >= 11 is 0. The van der Waals surface area contributed by atoms with Gasteiger partial charge in [0.1, 0.15) is 11.5 Å². The Morgan fingerprint density at radius 1 is 1.23 bits per heavy atom. The predicted molar refractivity (Wildman–Crippen MR) is 99.6 cm³/mol. The number of aromatic hydroxyl groups is 1. The largest absolute Gasteiger partial charge is 0.508 e. The molecule has 0 aliphatic carbocycles. The maximum atomic E-state index is 12.7. The van der Waals surface area contributed by atoms with Gasteiger partial charge in [-0.25, -0.2) is 0 Å². The molecule has 2 amide bonds. The predicted octanol–water partition coefficient (Wildman–Crippen LogP) is 3.23. The van der Waals surface area contributed by atoms with Gasteiger partial charge in [-0.15, -0.1) is 0 Å². The molecule has 0 saturated heterocycles. The van der Waals surface area contributed by atoms with Crippen LogP contribution in [0.2, 0.25) is 0 Å². The second-order valence-electron chi connectivity index (χ2n) is 6.83. The molecule has 2 aromatic rings. The van der Waals surface area contributed by atoms with Gasteiger partial charge in [0.05, 0.1) is 5.69 Å². The number of ether oxygens (including phenoxy) is 1. The Labute approximate surface area is 152 Å². The minimum atomic E-state index is -0.974. The maximum absolute atomic E-state index is 12.7. The first-order valence-corrected chi connectivity index (χ1v) is 8.47. The number of anilines is 2. The molecule has 0 saturated carbocycles. The third kappa shape index (κ3) is 3.49. The van der Waals surface area contributed by atoms with E-state index in [1.54, 1.807) is 37.8 Å². The fourth-order valence-electron chi connectivity index (χ4n) is 2.96. The Kier molecular flexibility index (Phi) is 4.59. The van der Waals surface area contributed by atoms with E-state index in [9.17, 15) is 14.7 Å². The summed E-state index contributed by atoms with van der Waals surface area (Å²) in [6, 6.07) is 12.1. The second kappa shape index (κ2) is 6.71. The number of benzene rings is 2. The van der Waals surface area contributed by atoms with Gasteiger partial charge in [-0.05, 0) is 56.7 Å². The van der Waals surface area contributed by atoms with Crippen LogP contribution in [0.1, 0.15) is 25.8 Å². The highest BCUT2D eigenvalue weighted by atomic mass is 16.5. The van der Waals surface area contributed by atoms with Crippen LogP contribution >= 0.6 is 0 Å². The quantitative estimate of drug-likeness (QED) is 0.826. The maximum Gasteiger partial charge on any atom is 0.270 e. The lowest BCUT2D eigenvalue weighted by Gasteiger charge is -2.38. The average Bonchev–Trinajstić information content (AvgIpc) is 2.57. The molecular weight excluding hydrogens is 332 g/mol. The van der Waals surface area contributed by atoms with Crippen LogP contribution < -0.4 is 15.0 Å². The van der Waals surface area contributed by atoms with E-state index >= 15 is 0 Å². The van der Waals surface area contributed by atoms with Gasteiger partial charge < -0.3 is 20.1 Å². The van der Waals surface area contributed by atoms with Crippen LogP contribution in [0.5, 0.6) is 11.5 Å². The molecule has 0 bridgehead atoms. The van der Waals surface area contributed by atoms with Crippen molar-refractivity contribution in [3.05, 3.63) is 48.0 Å². The molecule has 0 unspecified atom stereocenters. The number of amides is 2. The topological polar surface area (TPSA) is 78.9 Å². The molecule has 2 N–H and O–H groups in total. The van der Waals surface area contributed by atoms with Crippen molar-refractivity contribution in [2.45, 2.75) is 32.8 Å². The fraction of sp³-hybridized carbons (Fsp3) is 0.300. The van der Waals surface area contributed by atoms with Crippen molar-refractivity contribution >= 4 is 23.2 Å². The lowest BCUT2D eigenvalue weighted by atomic mass is 10.0. The van der Waals surface area contributed by atoms with E-state index in [4.69, 9.17) is 4.74 Å². The van der Waals surface area contributed by atoms with Crippen molar-refractivity contribution in [2.75, 3.05) is 16.8 Å². The van der Waals surface area contributed by atoms with Gasteiger partial charge in [0.2, 0.25) is 5.91 Å². The van der Waals surface area contributed by atoms with Crippen LogP contribution in [-0.4, -0.2) is 29.1 Å². The second-order valence-corrected chi connectivity index (χ2v) is 6.83. The zero-order chi connectivity index (χ0) is 18.9. The molecule has 0 fully saturated rings. The molecule has 26 heavy (non-hydrogen) atoms. The number of hydrogen-bond acceptors (Lipinski definition) is 4. The zero-order valence-corrected chi connectivity index (χ0v) is 15.1. The highest BCUT2D eigenvalue weighted by Gasteiger charge is 2.40. The van der Waals surface area contributed by atoms with E-state index in [-0.39, 0.29) is 30.5 Å². The van der Waals surface area contributed by atoms with Crippen LogP contribution in [-0.2, 0) is 9.59 Å². The number of nitrogens with zero attached hydrogens (tertiary/aromatic N) is 1. The first-order chi connectivity index (χ1) is 12.3. The Balaban J connectivity index is 1.72. The third-order valence-electron chi connectivity index (χ3n) is 4.33. The number of carbonyl (C=O) groups is 2. The van der Waals surface area contributed by atoms with Crippen molar-refractivity contribution in [1.82, 2.24) is 0 Å². The molecule has 1 heterocycles. The Bertz CT molecular complexity index is 861. The number of hydrogen-bond donors (Lipinski definition) is 2. The van der Waals surface area contributed by atoms with E-state index < -0.39 is 5.60 Å². The van der Waals surface area contributed by atoms with Crippen LogP contribution in [0, 0.1) is 6.92 Å². The third-order valence-corrected chi connectivity index (χ3v) is 4.33. The summed E-state index contributed by atoms with van der Waals surface area (Å²) in [5, 5.41) is 12.3. The standard InChI is InChI=1S/C20H22N2O4/c1-13-12-14(23)8-9-15(13)21-18(24)10-11-22-16-6-4-5-7-17(16)26-20(2,3)19(22)25/h4-9,12,23H,10-11H2,1-3H3,(H,21,24). The summed E-state index contributed by atoms with van der Waals surface area (Å²) in [6.45, 7) is 5.50. The summed E-state index contributed by atoms with van der Waals surface area (Å²) in [7, 11) is 0. The van der Waals surface area contributed by atoms with Gasteiger partial charge in [-0.2, -0.15) is 0 Å². The summed E-state index contributed by atoms with van der Waals surface area (Å²) < 4.78 is 5.78. The molecule has 0 atom stereocenters. The van der Waals surface area contributed by atoms with Gasteiger partial charge >= 0.3 is 0 Å². The van der Waals surface area contributed by atoms with E-state index in [1.165, 1.54) is 6.07 Å². The summed E-state index contributed by atoms with van der Waals surface area (Å²) in [6.07, 6.45) is 0.149. The number of phenolic OH excluding ortho intramolecular Hbond substituents is 1. The number of phenols is 1. The molecule has 1 aliphatic heterocycles. The molecular formula is C20H22N2O4. The average molecular weight is 354 g/mol. The minimum Gasteiger partial charge on any atom is -0.508 e. The molecule has 6 nitrogen and oxygen atoms in total. The summed E-state index contributed by atoms with van der Waals surface area (Å²) in [5.74, 6) is 0.406. The summed E-state index contributed by atoms with van der Waals surface area (Å²) in [4.78, 5) is 26.6. The van der Waals surface area contributed by atoms with E-state index in [0.717, 1.165) is 5.56 Å². The van der Waals surface area contributed by atoms with Crippen LogP contribution in [0.25, 0.3) is 0 Å². The van der Waals surface area contributed by atoms with Crippen molar-refractivity contribution in [3.63, 3.8) is 0 Å². The fourth-order valence-corrected chi connectivity index (χ4v) is 2.96. The van der Waals surface area contributed by atoms with Gasteiger partial charge in [0.15, 0.2) is 5.60 Å². The first-order valence-electron chi connectivity index (χ1n) is 8.47. The number of carbonyl (C=O) groups excluding carboxylic acids is 2. The molecule has 6 heteroatoms. The number of nitrogens with one attached hydrogen (secondary N) is 1. The first kappa shape index (κ1) is 17.8. The van der Waals surface area contributed by atoms with Gasteiger partial charge in [-0.1, -0.05) is 12.1 Å². The smallest absolute Gasteiger partial charge is 0.270 e. The lowest BCUT2D eigenvalue weighted by molar-refractivity contribution is -0.132. The van der Waals surface area contributed by atoms with E-state index in [0.29, 0.717) is 17.1 Å². The molecule has 3 rings (SSSR count). The van der Waals surface area contributed by atoms with Crippen LogP contribution in [0.4, 0.5) is 11.4 Å². The molecule has 1 aliphatic rings. The lowest BCUT2D eigenvalue weighted by Crippen LogP contribution is -2.53. The van der Waals surface area contributed by atoms with Crippen LogP contribution in [0.3, 0.4) is 0 Å². The van der Waals surface area contributed by atoms with E-state index in [1.807, 2.05) is 24.3 Å². The Morgan fingerprint density at radius 2 is 1.96 bits per heavy atom. The molecule has 2 aromatic carbocycles. The SMILES string of the molecule is Cc1cc(O)ccc1NC(=O)CCN1C(=O)C(C)(C)Oc2ccccc21. The van der Waals surface area contributed by atoms with Crippen molar-refractivity contribution in [1.29, 1.82) is 0 Å². The molecule has 0 aromatic heterocycles. The van der Waals surface area contributed by atoms with Crippen molar-refractivity contribution in [2.24, 2.45) is 0 Å². The normalized spacial score (nSPS) is 15.2. The van der Waals surface area contributed by atoms with Gasteiger partial charge in [0, 0.05) is 18.7 Å². The summed E-state index contributed by atoms with van der Waals surface area (Å²) in [5.41, 5.74) is 1.11. The number of aryl methyl sites for hydroxylation is 1. The zero-order valence-electron chi connectivity index (χ0n) is 15.1. The highest BCUT2D eigenvalue weighted by molar-refractivity contribution is 6.03. The van der Waals surface area contributed by atoms with Crippen LogP contribution in [0.15, 0.2) is 42.5 Å². The highest BCUT2D eigenvalue weighted by Crippen LogP contribution is 2.37. The monoisotopic (exact) mass is 354 g/mol. The van der Waals surface area contributed by atoms with Gasteiger partial charge in [0.25, 0.3) is 5.91 Å². The van der Waals surface area contributed by atoms with E-state index in [2.05, 4.69) is 5.32 Å². The molecule has 0 spiro atoms. The molecule has 136 valence electrons. The Hall–Kier alpha value is -3.02.